The van der Waals surface area contributed by atoms with Crippen LogP contribution in [0.4, 0.5) is 0 Å². The maximum atomic E-state index is 5.79. The number of morpholine rings is 1. The highest BCUT2D eigenvalue weighted by atomic mass is 79.9. The lowest BCUT2D eigenvalue weighted by atomic mass is 10.2. The van der Waals surface area contributed by atoms with Crippen molar-refractivity contribution < 1.29 is 14.4 Å². The SMILES string of the molecule is C[C@@H]1C[NH+](CCCOc2ccccc2Br)C[C@H](C)O1. The zero-order chi connectivity index (χ0) is 13.7. The fourth-order valence-corrected chi connectivity index (χ4v) is 3.06. The van der Waals surface area contributed by atoms with Gasteiger partial charge in [0.05, 0.1) is 17.6 Å². The minimum Gasteiger partial charge on any atom is -0.492 e. The molecule has 2 rings (SSSR count). The third-order valence-electron chi connectivity index (χ3n) is 3.39. The molecular weight excluding hydrogens is 306 g/mol. The molecule has 0 aliphatic carbocycles. The van der Waals surface area contributed by atoms with E-state index in [0.29, 0.717) is 12.2 Å². The van der Waals surface area contributed by atoms with Gasteiger partial charge in [-0.3, -0.25) is 0 Å². The summed E-state index contributed by atoms with van der Waals surface area (Å²) in [7, 11) is 0. The molecular formula is C15H23BrNO2+. The Morgan fingerprint density at radius 3 is 2.63 bits per heavy atom. The van der Waals surface area contributed by atoms with Gasteiger partial charge in [-0.2, -0.15) is 0 Å². The van der Waals surface area contributed by atoms with Crippen LogP contribution in [0, 0.1) is 0 Å². The van der Waals surface area contributed by atoms with Crippen LogP contribution in [-0.4, -0.2) is 38.4 Å². The van der Waals surface area contributed by atoms with Crippen molar-refractivity contribution in [1.82, 2.24) is 0 Å². The molecule has 1 heterocycles. The molecule has 0 radical (unpaired) electrons. The summed E-state index contributed by atoms with van der Waals surface area (Å²) in [5.41, 5.74) is 0. The standard InChI is InChI=1S/C15H22BrNO2/c1-12-10-17(11-13(2)19-12)8-5-9-18-15-7-4-3-6-14(15)16/h3-4,6-7,12-13H,5,8-11H2,1-2H3/p+1/t12-,13+. The minimum absolute atomic E-state index is 0.378. The number of halogens is 1. The van der Waals surface area contributed by atoms with Crippen molar-refractivity contribution in [2.24, 2.45) is 0 Å². The summed E-state index contributed by atoms with van der Waals surface area (Å²) in [4.78, 5) is 1.63. The second-order valence-electron chi connectivity index (χ2n) is 5.30. The number of nitrogens with one attached hydrogen (secondary N) is 1. The van der Waals surface area contributed by atoms with E-state index in [4.69, 9.17) is 9.47 Å². The topological polar surface area (TPSA) is 22.9 Å². The molecule has 0 aromatic heterocycles. The van der Waals surface area contributed by atoms with Crippen LogP contribution in [-0.2, 0) is 4.74 Å². The van der Waals surface area contributed by atoms with E-state index in [-0.39, 0.29) is 0 Å². The van der Waals surface area contributed by atoms with Gasteiger partial charge >= 0.3 is 0 Å². The van der Waals surface area contributed by atoms with Gasteiger partial charge in [-0.15, -0.1) is 0 Å². The lowest BCUT2D eigenvalue weighted by Crippen LogP contribution is -3.15. The van der Waals surface area contributed by atoms with Gasteiger partial charge < -0.3 is 14.4 Å². The normalized spacial score (nSPS) is 27.2. The van der Waals surface area contributed by atoms with Crippen LogP contribution in [0.3, 0.4) is 0 Å². The zero-order valence-corrected chi connectivity index (χ0v) is 13.3. The summed E-state index contributed by atoms with van der Waals surface area (Å²) in [5, 5.41) is 0. The first-order chi connectivity index (χ1) is 9.15. The molecule has 1 unspecified atom stereocenters. The first-order valence-corrected chi connectivity index (χ1v) is 7.81. The van der Waals surface area contributed by atoms with Gasteiger partial charge in [-0.25, -0.2) is 0 Å². The number of benzene rings is 1. The molecule has 1 fully saturated rings. The molecule has 19 heavy (non-hydrogen) atoms. The van der Waals surface area contributed by atoms with Crippen molar-refractivity contribution in [3.63, 3.8) is 0 Å². The Kier molecular flexibility index (Phi) is 5.67. The third-order valence-corrected chi connectivity index (χ3v) is 4.04. The summed E-state index contributed by atoms with van der Waals surface area (Å²) in [6.45, 7) is 8.47. The molecule has 4 heteroatoms. The van der Waals surface area contributed by atoms with E-state index in [1.807, 2.05) is 24.3 Å². The van der Waals surface area contributed by atoms with Crippen LogP contribution in [0.2, 0.25) is 0 Å². The summed E-state index contributed by atoms with van der Waals surface area (Å²) in [6.07, 6.45) is 1.83. The number of ether oxygens (including phenoxy) is 2. The molecule has 1 aromatic rings. The van der Waals surface area contributed by atoms with Crippen molar-refractivity contribution in [3.05, 3.63) is 28.7 Å². The first kappa shape index (κ1) is 14.8. The molecule has 0 bridgehead atoms. The fourth-order valence-electron chi connectivity index (χ4n) is 2.66. The average molecular weight is 329 g/mol. The summed E-state index contributed by atoms with van der Waals surface area (Å²) in [5.74, 6) is 0.932. The lowest BCUT2D eigenvalue weighted by molar-refractivity contribution is -0.915. The van der Waals surface area contributed by atoms with Crippen LogP contribution in [0.5, 0.6) is 5.75 Å². The van der Waals surface area contributed by atoms with Gasteiger partial charge in [0.2, 0.25) is 0 Å². The second-order valence-corrected chi connectivity index (χ2v) is 6.15. The number of hydrogen-bond donors (Lipinski definition) is 1. The third kappa shape index (κ3) is 4.79. The van der Waals surface area contributed by atoms with E-state index >= 15 is 0 Å². The van der Waals surface area contributed by atoms with Crippen molar-refractivity contribution in [1.29, 1.82) is 0 Å². The van der Waals surface area contributed by atoms with E-state index in [1.165, 1.54) is 0 Å². The number of quaternary nitrogens is 1. The van der Waals surface area contributed by atoms with Gasteiger partial charge in [-0.1, -0.05) is 12.1 Å². The molecule has 3 atom stereocenters. The van der Waals surface area contributed by atoms with Gasteiger partial charge in [0.25, 0.3) is 0 Å². The molecule has 1 aromatic carbocycles. The number of rotatable bonds is 5. The summed E-state index contributed by atoms with van der Waals surface area (Å²) < 4.78 is 12.6. The monoisotopic (exact) mass is 328 g/mol. The largest absolute Gasteiger partial charge is 0.492 e. The molecule has 0 saturated carbocycles. The van der Waals surface area contributed by atoms with Crippen molar-refractivity contribution in [2.45, 2.75) is 32.5 Å². The van der Waals surface area contributed by atoms with Gasteiger partial charge in [-0.05, 0) is 41.9 Å². The Labute approximate surface area is 124 Å². The van der Waals surface area contributed by atoms with Crippen molar-refractivity contribution in [3.8, 4) is 5.75 Å². The van der Waals surface area contributed by atoms with Gasteiger partial charge in [0, 0.05) is 6.42 Å². The molecule has 3 nitrogen and oxygen atoms in total. The Balaban J connectivity index is 1.68. The Bertz CT molecular complexity index is 389. The Morgan fingerprint density at radius 1 is 1.26 bits per heavy atom. The van der Waals surface area contributed by atoms with E-state index < -0.39 is 0 Å². The highest BCUT2D eigenvalue weighted by Crippen LogP contribution is 2.23. The van der Waals surface area contributed by atoms with Crippen LogP contribution < -0.4 is 9.64 Å². The van der Waals surface area contributed by atoms with Gasteiger partial charge in [0.15, 0.2) is 0 Å². The van der Waals surface area contributed by atoms with Crippen LogP contribution in [0.1, 0.15) is 20.3 Å². The van der Waals surface area contributed by atoms with E-state index in [9.17, 15) is 0 Å². The number of para-hydroxylation sites is 1. The molecule has 1 N–H and O–H groups in total. The van der Waals surface area contributed by atoms with E-state index in [0.717, 1.165) is 42.9 Å². The zero-order valence-electron chi connectivity index (χ0n) is 11.7. The van der Waals surface area contributed by atoms with E-state index in [2.05, 4.69) is 29.8 Å². The molecule has 1 aliphatic heterocycles. The predicted octanol–water partition coefficient (Wildman–Crippen LogP) is 1.91. The number of hydrogen-bond acceptors (Lipinski definition) is 2. The van der Waals surface area contributed by atoms with Crippen molar-refractivity contribution >= 4 is 15.9 Å². The maximum Gasteiger partial charge on any atom is 0.133 e. The maximum absolute atomic E-state index is 5.79. The molecule has 0 amide bonds. The Morgan fingerprint density at radius 2 is 1.95 bits per heavy atom. The first-order valence-electron chi connectivity index (χ1n) is 7.01. The van der Waals surface area contributed by atoms with Crippen LogP contribution >= 0.6 is 15.9 Å². The average Bonchev–Trinajstić information content (AvgIpc) is 2.35. The van der Waals surface area contributed by atoms with Crippen molar-refractivity contribution in [2.75, 3.05) is 26.2 Å². The second kappa shape index (κ2) is 7.27. The summed E-state index contributed by atoms with van der Waals surface area (Å²) >= 11 is 3.49. The minimum atomic E-state index is 0.378. The highest BCUT2D eigenvalue weighted by molar-refractivity contribution is 9.10. The lowest BCUT2D eigenvalue weighted by Gasteiger charge is -2.32. The van der Waals surface area contributed by atoms with Crippen LogP contribution in [0.15, 0.2) is 28.7 Å². The molecule has 0 spiro atoms. The summed E-state index contributed by atoms with van der Waals surface area (Å²) in [6, 6.07) is 8.00. The molecule has 106 valence electrons. The Hall–Kier alpha value is -0.580. The van der Waals surface area contributed by atoms with Crippen LogP contribution in [0.25, 0.3) is 0 Å². The highest BCUT2D eigenvalue weighted by Gasteiger charge is 2.24. The molecule has 1 aliphatic rings. The smallest absolute Gasteiger partial charge is 0.133 e. The van der Waals surface area contributed by atoms with Gasteiger partial charge in [0.1, 0.15) is 31.0 Å². The fraction of sp³-hybridized carbons (Fsp3) is 0.600. The quantitative estimate of drug-likeness (QED) is 0.834. The molecule has 1 saturated heterocycles. The van der Waals surface area contributed by atoms with E-state index in [1.54, 1.807) is 4.90 Å². The predicted molar refractivity (Wildman–Crippen MR) is 79.8 cm³/mol.